The number of carboxylic acid groups (broad SMARTS) is 1. The second kappa shape index (κ2) is 4.29. The Balaban J connectivity index is 2.57. The molecule has 18 heavy (non-hydrogen) atoms. The van der Waals surface area contributed by atoms with Crippen molar-refractivity contribution in [3.8, 4) is 0 Å². The van der Waals surface area contributed by atoms with Crippen LogP contribution in [0, 0.1) is 11.7 Å². The van der Waals surface area contributed by atoms with Crippen molar-refractivity contribution in [2.75, 3.05) is 23.7 Å². The van der Waals surface area contributed by atoms with E-state index in [1.165, 1.54) is 6.07 Å². The quantitative estimate of drug-likeness (QED) is 0.609. The molecular formula is C12H13FN2O3. The van der Waals surface area contributed by atoms with Crippen LogP contribution in [0.1, 0.15) is 17.3 Å². The summed E-state index contributed by atoms with van der Waals surface area (Å²) in [6.07, 6.45) is 0. The van der Waals surface area contributed by atoms with Crippen LogP contribution < -0.4 is 10.6 Å². The lowest BCUT2D eigenvalue weighted by molar-refractivity contribution is -0.139. The van der Waals surface area contributed by atoms with E-state index in [0.717, 1.165) is 6.07 Å². The number of rotatable bonds is 2. The Labute approximate surface area is 103 Å². The number of aliphatic carboxylic acids is 1. The Morgan fingerprint density at radius 2 is 2.28 bits per heavy atom. The molecule has 0 amide bonds. The van der Waals surface area contributed by atoms with Crippen molar-refractivity contribution in [3.05, 3.63) is 23.5 Å². The summed E-state index contributed by atoms with van der Waals surface area (Å²) in [5.74, 6) is -3.62. The standard InChI is InChI=1S/C12H13FN2O3/c1-2-15-5-7(12(17)18)11(16)6-3-8(13)9(14)4-10(6)15/h3-4,7H,2,5,14H2,1H3,(H,17,18). The van der Waals surface area contributed by atoms with Crippen LogP contribution in [0.3, 0.4) is 0 Å². The molecule has 1 aromatic carbocycles. The summed E-state index contributed by atoms with van der Waals surface area (Å²) in [4.78, 5) is 24.7. The number of hydrogen-bond donors (Lipinski definition) is 2. The topological polar surface area (TPSA) is 83.6 Å². The third-order valence-corrected chi connectivity index (χ3v) is 3.12. The van der Waals surface area contributed by atoms with Gasteiger partial charge in [-0.05, 0) is 19.1 Å². The maximum Gasteiger partial charge on any atom is 0.316 e. The van der Waals surface area contributed by atoms with Gasteiger partial charge in [0.2, 0.25) is 0 Å². The van der Waals surface area contributed by atoms with Gasteiger partial charge in [0.1, 0.15) is 11.7 Å². The highest BCUT2D eigenvalue weighted by molar-refractivity contribution is 6.13. The molecule has 0 saturated carbocycles. The van der Waals surface area contributed by atoms with Gasteiger partial charge in [-0.25, -0.2) is 4.39 Å². The zero-order valence-corrected chi connectivity index (χ0v) is 9.81. The number of hydrogen-bond acceptors (Lipinski definition) is 4. The number of nitrogens with two attached hydrogens (primary N) is 1. The SMILES string of the molecule is CCN1CC(C(=O)O)C(=O)c2cc(F)c(N)cc21. The number of halogens is 1. The Kier molecular flexibility index (Phi) is 2.94. The number of carbonyl (C=O) groups excluding carboxylic acids is 1. The van der Waals surface area contributed by atoms with Crippen LogP contribution in [-0.4, -0.2) is 29.9 Å². The van der Waals surface area contributed by atoms with Crippen molar-refractivity contribution in [1.82, 2.24) is 0 Å². The molecule has 1 aliphatic heterocycles. The van der Waals surface area contributed by atoms with Gasteiger partial charge in [0.25, 0.3) is 0 Å². The van der Waals surface area contributed by atoms with E-state index in [1.54, 1.807) is 4.90 Å². The minimum absolute atomic E-state index is 0.0474. The molecule has 3 N–H and O–H groups in total. The van der Waals surface area contributed by atoms with Gasteiger partial charge in [0.15, 0.2) is 5.78 Å². The third kappa shape index (κ3) is 1.79. The van der Waals surface area contributed by atoms with Gasteiger partial charge in [-0.1, -0.05) is 0 Å². The molecule has 0 saturated heterocycles. The van der Waals surface area contributed by atoms with Crippen molar-refractivity contribution in [2.45, 2.75) is 6.92 Å². The number of fused-ring (bicyclic) bond motifs is 1. The molecule has 1 aliphatic rings. The zero-order valence-electron chi connectivity index (χ0n) is 9.81. The first-order chi connectivity index (χ1) is 8.45. The molecule has 0 aliphatic carbocycles. The van der Waals surface area contributed by atoms with Gasteiger partial charge in [-0.3, -0.25) is 9.59 Å². The molecule has 6 heteroatoms. The lowest BCUT2D eigenvalue weighted by Crippen LogP contribution is -2.42. The van der Waals surface area contributed by atoms with Crippen molar-refractivity contribution < 1.29 is 19.1 Å². The van der Waals surface area contributed by atoms with Gasteiger partial charge >= 0.3 is 5.97 Å². The molecule has 0 radical (unpaired) electrons. The van der Waals surface area contributed by atoms with E-state index in [4.69, 9.17) is 10.8 Å². The number of Topliss-reactive ketones (excluding diaryl/α,β-unsaturated/α-hetero) is 1. The molecule has 5 nitrogen and oxygen atoms in total. The second-order valence-electron chi connectivity index (χ2n) is 4.18. The molecular weight excluding hydrogens is 239 g/mol. The fourth-order valence-corrected chi connectivity index (χ4v) is 2.12. The highest BCUT2D eigenvalue weighted by Crippen LogP contribution is 2.32. The molecule has 0 fully saturated rings. The van der Waals surface area contributed by atoms with Gasteiger partial charge in [0.05, 0.1) is 5.69 Å². The molecule has 96 valence electrons. The van der Waals surface area contributed by atoms with E-state index in [2.05, 4.69) is 0 Å². The maximum atomic E-state index is 13.4. The van der Waals surface area contributed by atoms with Crippen molar-refractivity contribution in [3.63, 3.8) is 0 Å². The van der Waals surface area contributed by atoms with Gasteiger partial charge in [-0.15, -0.1) is 0 Å². The molecule has 1 atom stereocenters. The monoisotopic (exact) mass is 252 g/mol. The zero-order chi connectivity index (χ0) is 13.4. The number of carbonyl (C=O) groups is 2. The first-order valence-corrected chi connectivity index (χ1v) is 5.56. The smallest absolute Gasteiger partial charge is 0.316 e. The first kappa shape index (κ1) is 12.3. The lowest BCUT2D eigenvalue weighted by atomic mass is 9.90. The number of ketones is 1. The molecule has 1 heterocycles. The molecule has 1 unspecified atom stereocenters. The number of nitrogens with zero attached hydrogens (tertiary/aromatic N) is 1. The van der Waals surface area contributed by atoms with Gasteiger partial charge < -0.3 is 15.7 Å². The summed E-state index contributed by atoms with van der Waals surface area (Å²) in [5.41, 5.74) is 6.01. The molecule has 0 aromatic heterocycles. The van der Waals surface area contributed by atoms with Crippen LogP contribution in [0.2, 0.25) is 0 Å². The predicted molar refractivity (Wildman–Crippen MR) is 64.2 cm³/mol. The summed E-state index contributed by atoms with van der Waals surface area (Å²) in [6.45, 7) is 2.44. The minimum atomic E-state index is -1.19. The number of carboxylic acids is 1. The normalized spacial score (nSPS) is 18.7. The molecule has 2 rings (SSSR count). The first-order valence-electron chi connectivity index (χ1n) is 5.56. The number of nitrogen functional groups attached to an aromatic ring is 1. The predicted octanol–water partition coefficient (Wildman–Crippen LogP) is 1.13. The summed E-state index contributed by atoms with van der Waals surface area (Å²) >= 11 is 0. The highest BCUT2D eigenvalue weighted by Gasteiger charge is 2.36. The minimum Gasteiger partial charge on any atom is -0.481 e. The Morgan fingerprint density at radius 1 is 1.61 bits per heavy atom. The summed E-state index contributed by atoms with van der Waals surface area (Å²) < 4.78 is 13.4. The van der Waals surface area contributed by atoms with Crippen molar-refractivity contribution >= 4 is 23.1 Å². The fourth-order valence-electron chi connectivity index (χ4n) is 2.12. The molecule has 0 spiro atoms. The van der Waals surface area contributed by atoms with E-state index in [9.17, 15) is 14.0 Å². The number of anilines is 2. The number of benzene rings is 1. The average Bonchev–Trinajstić information content (AvgIpc) is 2.32. The molecule has 1 aromatic rings. The Bertz CT molecular complexity index is 530. The summed E-state index contributed by atoms with van der Waals surface area (Å²) in [7, 11) is 0. The van der Waals surface area contributed by atoms with E-state index in [0.29, 0.717) is 12.2 Å². The van der Waals surface area contributed by atoms with Crippen molar-refractivity contribution in [2.24, 2.45) is 5.92 Å². The van der Waals surface area contributed by atoms with Crippen molar-refractivity contribution in [1.29, 1.82) is 0 Å². The van der Waals surface area contributed by atoms with E-state index < -0.39 is 23.5 Å². The molecule has 0 bridgehead atoms. The van der Waals surface area contributed by atoms with Crippen LogP contribution in [0.15, 0.2) is 12.1 Å². The van der Waals surface area contributed by atoms with Crippen LogP contribution in [0.25, 0.3) is 0 Å². The van der Waals surface area contributed by atoms with Gasteiger partial charge in [0, 0.05) is 24.3 Å². The van der Waals surface area contributed by atoms with E-state index in [-0.39, 0.29) is 17.8 Å². The third-order valence-electron chi connectivity index (χ3n) is 3.12. The van der Waals surface area contributed by atoms with Crippen LogP contribution in [0.4, 0.5) is 15.8 Å². The Morgan fingerprint density at radius 3 is 2.83 bits per heavy atom. The Hall–Kier alpha value is -2.11. The maximum absolute atomic E-state index is 13.4. The fraction of sp³-hybridized carbons (Fsp3) is 0.333. The van der Waals surface area contributed by atoms with Crippen LogP contribution >= 0.6 is 0 Å². The van der Waals surface area contributed by atoms with E-state index >= 15 is 0 Å². The summed E-state index contributed by atoms with van der Waals surface area (Å²) in [5, 5.41) is 9.01. The van der Waals surface area contributed by atoms with Crippen LogP contribution in [0.5, 0.6) is 0 Å². The van der Waals surface area contributed by atoms with Gasteiger partial charge in [-0.2, -0.15) is 0 Å². The highest BCUT2D eigenvalue weighted by atomic mass is 19.1. The second-order valence-corrected chi connectivity index (χ2v) is 4.18. The van der Waals surface area contributed by atoms with E-state index in [1.807, 2.05) is 6.92 Å². The lowest BCUT2D eigenvalue weighted by Gasteiger charge is -2.32. The average molecular weight is 252 g/mol. The van der Waals surface area contributed by atoms with Crippen LogP contribution in [-0.2, 0) is 4.79 Å². The summed E-state index contributed by atoms with van der Waals surface area (Å²) in [6, 6.07) is 2.40. The largest absolute Gasteiger partial charge is 0.481 e.